The third-order valence-corrected chi connectivity index (χ3v) is 8.37. The summed E-state index contributed by atoms with van der Waals surface area (Å²) in [5, 5.41) is 3.11. The van der Waals surface area contributed by atoms with Crippen LogP contribution in [0.25, 0.3) is 0 Å². The largest absolute Gasteiger partial charge is 0.349 e. The first-order chi connectivity index (χ1) is 15.5. The minimum Gasteiger partial charge on any atom is -0.349 e. The summed E-state index contributed by atoms with van der Waals surface area (Å²) in [5.74, 6) is -0.195. The molecule has 0 aromatic heterocycles. The molecule has 2 aliphatic heterocycles. The molecule has 1 N–H and O–H groups in total. The maximum Gasteiger partial charge on any atom is 0.251 e. The third-order valence-electron chi connectivity index (χ3n) is 6.47. The number of amides is 1. The van der Waals surface area contributed by atoms with Crippen LogP contribution in [0.15, 0.2) is 59.5 Å². The van der Waals surface area contributed by atoms with E-state index in [1.165, 1.54) is 11.6 Å². The number of benzene rings is 2. The van der Waals surface area contributed by atoms with E-state index in [0.29, 0.717) is 18.7 Å². The minimum atomic E-state index is -3.56. The summed E-state index contributed by atoms with van der Waals surface area (Å²) >= 11 is 0. The van der Waals surface area contributed by atoms with Crippen LogP contribution in [0, 0.1) is 0 Å². The van der Waals surface area contributed by atoms with Crippen LogP contribution < -0.4 is 5.32 Å². The molecule has 7 heteroatoms. The van der Waals surface area contributed by atoms with Crippen molar-refractivity contribution in [2.45, 2.75) is 56.0 Å². The Hall–Kier alpha value is -2.22. The van der Waals surface area contributed by atoms with Gasteiger partial charge in [-0.1, -0.05) is 49.2 Å². The Kier molecular flexibility index (Phi) is 7.60. The fraction of sp³-hybridized carbons (Fsp3) is 0.480. The molecule has 2 fully saturated rings. The summed E-state index contributed by atoms with van der Waals surface area (Å²) in [7, 11) is -3.56. The summed E-state index contributed by atoms with van der Waals surface area (Å²) in [6.45, 7) is 3.91. The molecule has 4 rings (SSSR count). The number of nitrogens with one attached hydrogen (secondary N) is 1. The van der Waals surface area contributed by atoms with Gasteiger partial charge in [0, 0.05) is 44.3 Å². The molecule has 6 nitrogen and oxygen atoms in total. The predicted octanol–water partition coefficient (Wildman–Crippen LogP) is 3.65. The molecule has 0 bridgehead atoms. The molecular formula is C25H33N3O3S. The van der Waals surface area contributed by atoms with Gasteiger partial charge in [0.1, 0.15) is 0 Å². The number of hydrogen-bond donors (Lipinski definition) is 1. The van der Waals surface area contributed by atoms with E-state index in [1.54, 1.807) is 22.5 Å². The van der Waals surface area contributed by atoms with E-state index in [4.69, 9.17) is 0 Å². The standard InChI is InChI=1S/C25H33N3O3S/c29-25(26-23-13-17-27(18-14-23)20-21-9-4-3-5-10-21)22-11-8-12-24(19-22)32(30,31)28-15-6-1-2-7-16-28/h3-5,8-12,19,23H,1-2,6-7,13-18,20H2,(H,26,29). The lowest BCUT2D eigenvalue weighted by molar-refractivity contribution is 0.0908. The van der Waals surface area contributed by atoms with Gasteiger partial charge in [-0.3, -0.25) is 9.69 Å². The zero-order chi connectivity index (χ0) is 22.4. The van der Waals surface area contributed by atoms with Gasteiger partial charge in [0.05, 0.1) is 4.90 Å². The SMILES string of the molecule is O=C(NC1CCN(Cc2ccccc2)CC1)c1cccc(S(=O)(=O)N2CCCCCC2)c1. The molecule has 1 amide bonds. The summed E-state index contributed by atoms with van der Waals surface area (Å²) in [6, 6.07) is 17.0. The maximum absolute atomic E-state index is 13.1. The molecule has 0 unspecified atom stereocenters. The zero-order valence-corrected chi connectivity index (χ0v) is 19.4. The van der Waals surface area contributed by atoms with Gasteiger partial charge in [-0.2, -0.15) is 4.31 Å². The lowest BCUT2D eigenvalue weighted by atomic mass is 10.0. The third kappa shape index (κ3) is 5.77. The monoisotopic (exact) mass is 455 g/mol. The molecule has 0 aliphatic carbocycles. The highest BCUT2D eigenvalue weighted by molar-refractivity contribution is 7.89. The molecule has 2 heterocycles. The van der Waals surface area contributed by atoms with Crippen LogP contribution >= 0.6 is 0 Å². The zero-order valence-electron chi connectivity index (χ0n) is 18.6. The second-order valence-electron chi connectivity index (χ2n) is 8.86. The summed E-state index contributed by atoms with van der Waals surface area (Å²) in [6.07, 6.45) is 5.71. The van der Waals surface area contributed by atoms with Gasteiger partial charge in [-0.05, 0) is 49.4 Å². The van der Waals surface area contributed by atoms with Crippen LogP contribution in [0.1, 0.15) is 54.4 Å². The van der Waals surface area contributed by atoms with Gasteiger partial charge in [0.2, 0.25) is 10.0 Å². The number of sulfonamides is 1. The maximum atomic E-state index is 13.1. The topological polar surface area (TPSA) is 69.7 Å². The van der Waals surface area contributed by atoms with Crippen molar-refractivity contribution < 1.29 is 13.2 Å². The highest BCUT2D eigenvalue weighted by Crippen LogP contribution is 2.21. The fourth-order valence-corrected chi connectivity index (χ4v) is 6.14. The molecule has 0 spiro atoms. The molecule has 0 atom stereocenters. The highest BCUT2D eigenvalue weighted by atomic mass is 32.2. The van der Waals surface area contributed by atoms with Gasteiger partial charge in [-0.15, -0.1) is 0 Å². The Morgan fingerprint density at radius 3 is 2.25 bits per heavy atom. The van der Waals surface area contributed by atoms with Crippen molar-refractivity contribution in [2.75, 3.05) is 26.2 Å². The van der Waals surface area contributed by atoms with Crippen LogP contribution in [0.2, 0.25) is 0 Å². The average molecular weight is 456 g/mol. The Labute approximate surface area is 191 Å². The van der Waals surface area contributed by atoms with Crippen LogP contribution in [-0.4, -0.2) is 55.8 Å². The van der Waals surface area contributed by atoms with E-state index in [0.717, 1.165) is 58.2 Å². The molecule has 0 radical (unpaired) electrons. The second-order valence-corrected chi connectivity index (χ2v) is 10.8. The van der Waals surface area contributed by atoms with Crippen molar-refractivity contribution in [1.29, 1.82) is 0 Å². The lowest BCUT2D eigenvalue weighted by Crippen LogP contribution is -2.44. The molecule has 2 aliphatic rings. The molecule has 32 heavy (non-hydrogen) atoms. The van der Waals surface area contributed by atoms with E-state index >= 15 is 0 Å². The second kappa shape index (κ2) is 10.6. The number of carbonyl (C=O) groups excluding carboxylic acids is 1. The average Bonchev–Trinajstić information content (AvgIpc) is 3.11. The molecule has 0 saturated carbocycles. The Bertz CT molecular complexity index is 994. The van der Waals surface area contributed by atoms with Crippen molar-refractivity contribution in [3.8, 4) is 0 Å². The number of hydrogen-bond acceptors (Lipinski definition) is 4. The van der Waals surface area contributed by atoms with Crippen LogP contribution in [0.4, 0.5) is 0 Å². The summed E-state index contributed by atoms with van der Waals surface area (Å²) < 4.78 is 27.7. The first-order valence-electron chi connectivity index (χ1n) is 11.7. The summed E-state index contributed by atoms with van der Waals surface area (Å²) in [5.41, 5.74) is 1.71. The van der Waals surface area contributed by atoms with Gasteiger partial charge in [0.25, 0.3) is 5.91 Å². The van der Waals surface area contributed by atoms with Crippen molar-refractivity contribution in [2.24, 2.45) is 0 Å². The molecule has 2 saturated heterocycles. The number of piperidine rings is 1. The summed E-state index contributed by atoms with van der Waals surface area (Å²) in [4.78, 5) is 15.5. The van der Waals surface area contributed by atoms with Gasteiger partial charge in [-0.25, -0.2) is 8.42 Å². The van der Waals surface area contributed by atoms with Crippen molar-refractivity contribution in [3.63, 3.8) is 0 Å². The van der Waals surface area contributed by atoms with E-state index < -0.39 is 10.0 Å². The van der Waals surface area contributed by atoms with Crippen molar-refractivity contribution >= 4 is 15.9 Å². The Morgan fingerprint density at radius 2 is 1.56 bits per heavy atom. The normalized spacial score (nSPS) is 19.4. The first kappa shape index (κ1) is 23.0. The number of nitrogens with zero attached hydrogens (tertiary/aromatic N) is 2. The van der Waals surface area contributed by atoms with Crippen LogP contribution in [-0.2, 0) is 16.6 Å². The fourth-order valence-electron chi connectivity index (χ4n) is 4.57. The predicted molar refractivity (Wildman–Crippen MR) is 126 cm³/mol. The quantitative estimate of drug-likeness (QED) is 0.722. The van der Waals surface area contributed by atoms with Gasteiger partial charge >= 0.3 is 0 Å². The van der Waals surface area contributed by atoms with Gasteiger partial charge < -0.3 is 5.32 Å². The molecule has 172 valence electrons. The molecule has 2 aromatic rings. The van der Waals surface area contributed by atoms with Crippen LogP contribution in [0.5, 0.6) is 0 Å². The highest BCUT2D eigenvalue weighted by Gasteiger charge is 2.26. The Balaban J connectivity index is 1.34. The van der Waals surface area contributed by atoms with E-state index in [2.05, 4.69) is 34.5 Å². The van der Waals surface area contributed by atoms with Crippen molar-refractivity contribution in [3.05, 3.63) is 65.7 Å². The van der Waals surface area contributed by atoms with E-state index in [9.17, 15) is 13.2 Å². The number of rotatable bonds is 6. The molecular weight excluding hydrogens is 422 g/mol. The number of likely N-dealkylation sites (tertiary alicyclic amines) is 1. The lowest BCUT2D eigenvalue weighted by Gasteiger charge is -2.32. The van der Waals surface area contributed by atoms with E-state index in [-0.39, 0.29) is 16.8 Å². The smallest absolute Gasteiger partial charge is 0.251 e. The Morgan fingerprint density at radius 1 is 0.875 bits per heavy atom. The van der Waals surface area contributed by atoms with Gasteiger partial charge in [0.15, 0.2) is 0 Å². The minimum absolute atomic E-state index is 0.111. The van der Waals surface area contributed by atoms with E-state index in [1.807, 2.05) is 6.07 Å². The van der Waals surface area contributed by atoms with Crippen molar-refractivity contribution in [1.82, 2.24) is 14.5 Å². The first-order valence-corrected chi connectivity index (χ1v) is 13.1. The number of carbonyl (C=O) groups is 1. The van der Waals surface area contributed by atoms with Crippen LogP contribution in [0.3, 0.4) is 0 Å². The molecule has 2 aromatic carbocycles.